The highest BCUT2D eigenvalue weighted by molar-refractivity contribution is 6.00. The molecule has 0 amide bonds. The third-order valence-corrected chi connectivity index (χ3v) is 5.04. The summed E-state index contributed by atoms with van der Waals surface area (Å²) >= 11 is 0. The van der Waals surface area contributed by atoms with E-state index in [9.17, 15) is 9.59 Å². The lowest BCUT2D eigenvalue weighted by atomic mass is 10.1. The van der Waals surface area contributed by atoms with Crippen LogP contribution in [-0.2, 0) is 11.8 Å². The topological polar surface area (TPSA) is 53.2 Å². The normalized spacial score (nSPS) is 10.9. The van der Waals surface area contributed by atoms with E-state index >= 15 is 0 Å². The van der Waals surface area contributed by atoms with Crippen molar-refractivity contribution in [3.63, 3.8) is 0 Å². The van der Waals surface area contributed by atoms with Crippen molar-refractivity contribution in [3.05, 3.63) is 76.4 Å². The number of carbonyl (C=O) groups is 2. The molecule has 0 bridgehead atoms. The lowest BCUT2D eigenvalue weighted by Gasteiger charge is -2.10. The Morgan fingerprint density at radius 1 is 0.889 bits per heavy atom. The summed E-state index contributed by atoms with van der Waals surface area (Å²) in [6, 6.07) is 13.1. The zero-order valence-electron chi connectivity index (χ0n) is 16.4. The Morgan fingerprint density at radius 3 is 2.00 bits per heavy atom. The quantitative estimate of drug-likeness (QED) is 0.506. The molecule has 0 spiro atoms. The van der Waals surface area contributed by atoms with E-state index in [4.69, 9.17) is 4.74 Å². The van der Waals surface area contributed by atoms with Crippen LogP contribution >= 0.6 is 0 Å². The van der Waals surface area contributed by atoms with Crippen molar-refractivity contribution in [2.75, 3.05) is 6.61 Å². The Kier molecular flexibility index (Phi) is 5.04. The third-order valence-electron chi connectivity index (χ3n) is 5.04. The van der Waals surface area contributed by atoms with E-state index in [1.54, 1.807) is 12.1 Å². The maximum atomic E-state index is 12.4. The van der Waals surface area contributed by atoms with Gasteiger partial charge in [-0.05, 0) is 70.2 Å². The molecule has 0 radical (unpaired) electrons. The van der Waals surface area contributed by atoms with Crippen LogP contribution in [0.3, 0.4) is 0 Å². The smallest absolute Gasteiger partial charge is 0.338 e. The summed E-state index contributed by atoms with van der Waals surface area (Å²) in [5, 5.41) is 0. The van der Waals surface area contributed by atoms with E-state index in [1.807, 2.05) is 57.5 Å². The molecule has 0 aliphatic heterocycles. The number of benzene rings is 1. The van der Waals surface area contributed by atoms with Crippen molar-refractivity contribution < 1.29 is 14.3 Å². The number of rotatable bonds is 5. The molecular weight excluding hydrogens is 340 g/mol. The molecule has 140 valence electrons. The standard InChI is InChI=1S/C22H24N2O3/c1-14-6-7-15(2)24(14)19-10-8-18(9-11-19)22(26)27-13-21(25)20-12-16(3)23(5)17(20)4/h6-12H,13H2,1-5H3. The Hall–Kier alpha value is -3.08. The second-order valence-electron chi connectivity index (χ2n) is 6.84. The summed E-state index contributed by atoms with van der Waals surface area (Å²) in [4.78, 5) is 24.6. The molecule has 0 N–H and O–H groups in total. The van der Waals surface area contributed by atoms with Crippen LogP contribution < -0.4 is 0 Å². The van der Waals surface area contributed by atoms with Crippen LogP contribution in [0, 0.1) is 27.7 Å². The van der Waals surface area contributed by atoms with Crippen LogP contribution in [0.25, 0.3) is 5.69 Å². The molecule has 0 atom stereocenters. The summed E-state index contributed by atoms with van der Waals surface area (Å²) in [7, 11) is 1.91. The fourth-order valence-corrected chi connectivity index (χ4v) is 3.25. The zero-order chi connectivity index (χ0) is 19.7. The van der Waals surface area contributed by atoms with Gasteiger partial charge in [-0.15, -0.1) is 0 Å². The van der Waals surface area contributed by atoms with E-state index in [0.717, 1.165) is 28.5 Å². The number of esters is 1. The molecule has 3 aromatic rings. The minimum atomic E-state index is -0.499. The van der Waals surface area contributed by atoms with Gasteiger partial charge < -0.3 is 13.9 Å². The van der Waals surface area contributed by atoms with Crippen LogP contribution in [-0.4, -0.2) is 27.5 Å². The highest BCUT2D eigenvalue weighted by Gasteiger charge is 2.17. The maximum absolute atomic E-state index is 12.4. The number of aromatic nitrogens is 2. The number of ketones is 1. The molecule has 1 aromatic carbocycles. The molecule has 0 aliphatic carbocycles. The highest BCUT2D eigenvalue weighted by Crippen LogP contribution is 2.18. The molecule has 5 nitrogen and oxygen atoms in total. The Balaban J connectivity index is 1.68. The Labute approximate surface area is 159 Å². The molecule has 0 saturated carbocycles. The van der Waals surface area contributed by atoms with Crippen molar-refractivity contribution in [2.45, 2.75) is 27.7 Å². The van der Waals surface area contributed by atoms with Gasteiger partial charge >= 0.3 is 5.97 Å². The lowest BCUT2D eigenvalue weighted by Crippen LogP contribution is -2.15. The summed E-state index contributed by atoms with van der Waals surface area (Å²) in [5.74, 6) is -0.694. The minimum absolute atomic E-state index is 0.195. The number of ether oxygens (including phenoxy) is 1. The SMILES string of the molecule is Cc1cc(C(=O)COC(=O)c2ccc(-n3c(C)ccc3C)cc2)c(C)n1C. The molecule has 3 rings (SSSR count). The molecule has 5 heteroatoms. The summed E-state index contributed by atoms with van der Waals surface area (Å²) in [5.41, 5.74) is 6.12. The van der Waals surface area contributed by atoms with Crippen molar-refractivity contribution in [2.24, 2.45) is 7.05 Å². The molecule has 0 unspecified atom stereocenters. The van der Waals surface area contributed by atoms with Gasteiger partial charge in [-0.1, -0.05) is 0 Å². The van der Waals surface area contributed by atoms with Crippen LogP contribution in [0.1, 0.15) is 43.5 Å². The fraction of sp³-hybridized carbons (Fsp3) is 0.273. The monoisotopic (exact) mass is 364 g/mol. The van der Waals surface area contributed by atoms with Crippen molar-refractivity contribution in [3.8, 4) is 5.69 Å². The lowest BCUT2D eigenvalue weighted by molar-refractivity contribution is 0.0474. The van der Waals surface area contributed by atoms with Gasteiger partial charge in [-0.2, -0.15) is 0 Å². The number of nitrogens with zero attached hydrogens (tertiary/aromatic N) is 2. The summed E-state index contributed by atoms with van der Waals surface area (Å²) in [6.07, 6.45) is 0. The van der Waals surface area contributed by atoms with E-state index in [-0.39, 0.29) is 12.4 Å². The van der Waals surface area contributed by atoms with E-state index < -0.39 is 5.97 Å². The van der Waals surface area contributed by atoms with Crippen molar-refractivity contribution in [1.82, 2.24) is 9.13 Å². The van der Waals surface area contributed by atoms with Crippen LogP contribution in [0.15, 0.2) is 42.5 Å². The van der Waals surface area contributed by atoms with Gasteiger partial charge in [0, 0.05) is 41.1 Å². The van der Waals surface area contributed by atoms with Gasteiger partial charge in [0.05, 0.1) is 5.56 Å². The molecule has 2 aromatic heterocycles. The van der Waals surface area contributed by atoms with Gasteiger partial charge in [-0.25, -0.2) is 4.79 Å². The predicted octanol–water partition coefficient (Wildman–Crippen LogP) is 4.09. The van der Waals surface area contributed by atoms with Gasteiger partial charge in [0.1, 0.15) is 0 Å². The predicted molar refractivity (Wildman–Crippen MR) is 105 cm³/mol. The van der Waals surface area contributed by atoms with Crippen LogP contribution in [0.2, 0.25) is 0 Å². The molecule has 0 aliphatic rings. The van der Waals surface area contributed by atoms with E-state index in [1.165, 1.54) is 0 Å². The highest BCUT2D eigenvalue weighted by atomic mass is 16.5. The second kappa shape index (κ2) is 7.27. The van der Waals surface area contributed by atoms with Crippen molar-refractivity contribution >= 4 is 11.8 Å². The van der Waals surface area contributed by atoms with Gasteiger partial charge in [0.2, 0.25) is 5.78 Å². The molecular formula is C22H24N2O3. The number of hydrogen-bond acceptors (Lipinski definition) is 3. The number of aryl methyl sites for hydroxylation is 3. The third kappa shape index (κ3) is 3.58. The molecule has 2 heterocycles. The average Bonchev–Trinajstić information content (AvgIpc) is 3.13. The average molecular weight is 364 g/mol. The minimum Gasteiger partial charge on any atom is -0.454 e. The summed E-state index contributed by atoms with van der Waals surface area (Å²) < 4.78 is 9.28. The molecule has 27 heavy (non-hydrogen) atoms. The van der Waals surface area contributed by atoms with Crippen LogP contribution in [0.5, 0.6) is 0 Å². The fourth-order valence-electron chi connectivity index (χ4n) is 3.25. The maximum Gasteiger partial charge on any atom is 0.338 e. The second-order valence-corrected chi connectivity index (χ2v) is 6.84. The Morgan fingerprint density at radius 2 is 1.48 bits per heavy atom. The number of carbonyl (C=O) groups excluding carboxylic acids is 2. The van der Waals surface area contributed by atoms with Gasteiger partial charge in [0.25, 0.3) is 0 Å². The Bertz CT molecular complexity index is 988. The zero-order valence-corrected chi connectivity index (χ0v) is 16.4. The first-order chi connectivity index (χ1) is 12.8. The van der Waals surface area contributed by atoms with Gasteiger partial charge in [0.15, 0.2) is 6.61 Å². The van der Waals surface area contributed by atoms with E-state index in [2.05, 4.69) is 16.7 Å². The summed E-state index contributed by atoms with van der Waals surface area (Å²) in [6.45, 7) is 7.63. The molecule has 0 fully saturated rings. The van der Waals surface area contributed by atoms with E-state index in [0.29, 0.717) is 11.1 Å². The first-order valence-corrected chi connectivity index (χ1v) is 8.88. The number of hydrogen-bond donors (Lipinski definition) is 0. The number of Topliss-reactive ketones (excluding diaryl/α,β-unsaturated/α-hetero) is 1. The van der Waals surface area contributed by atoms with Crippen molar-refractivity contribution in [1.29, 1.82) is 0 Å². The molecule has 0 saturated heterocycles. The largest absolute Gasteiger partial charge is 0.454 e. The van der Waals surface area contributed by atoms with Crippen LogP contribution in [0.4, 0.5) is 0 Å². The first kappa shape index (κ1) is 18.7. The van der Waals surface area contributed by atoms with Gasteiger partial charge in [-0.3, -0.25) is 4.79 Å². The first-order valence-electron chi connectivity index (χ1n) is 8.88.